The Balaban J connectivity index is 1.76. The summed E-state index contributed by atoms with van der Waals surface area (Å²) in [5, 5.41) is 4.99. The van der Waals surface area contributed by atoms with Gasteiger partial charge in [0, 0.05) is 61.7 Å². The van der Waals surface area contributed by atoms with Crippen molar-refractivity contribution in [3.63, 3.8) is 0 Å². The first kappa shape index (κ1) is 16.3. The minimum atomic E-state index is 0.703. The van der Waals surface area contributed by atoms with Crippen LogP contribution in [0.4, 0.5) is 0 Å². The highest BCUT2D eigenvalue weighted by Crippen LogP contribution is 2.32. The molecule has 4 rings (SSSR count). The van der Waals surface area contributed by atoms with Gasteiger partial charge in [-0.15, -0.1) is 0 Å². The maximum Gasteiger partial charge on any atom is 0.0708 e. The monoisotopic (exact) mass is 335 g/mol. The molecule has 0 spiro atoms. The topological polar surface area (TPSA) is 39.1 Å². The van der Waals surface area contributed by atoms with E-state index in [9.17, 15) is 0 Å². The Kier molecular flexibility index (Phi) is 4.81. The molecule has 25 heavy (non-hydrogen) atoms. The quantitative estimate of drug-likeness (QED) is 0.633. The Morgan fingerprint density at radius 1 is 1.20 bits per heavy atom. The second kappa shape index (κ2) is 7.38. The van der Waals surface area contributed by atoms with Crippen molar-refractivity contribution in [2.45, 2.75) is 38.4 Å². The number of hydrogen-bond donors (Lipinski definition) is 1. The number of hydrogen-bond acceptors (Lipinski definition) is 3. The van der Waals surface area contributed by atoms with Crippen LogP contribution in [0.2, 0.25) is 0 Å². The number of fused-ring (bicyclic) bond motifs is 1. The van der Waals surface area contributed by atoms with Crippen LogP contribution in [0.15, 0.2) is 48.8 Å². The number of ether oxygens (including phenoxy) is 1. The van der Waals surface area contributed by atoms with Crippen LogP contribution in [-0.4, -0.2) is 29.3 Å². The van der Waals surface area contributed by atoms with Gasteiger partial charge in [-0.25, -0.2) is 0 Å². The summed E-state index contributed by atoms with van der Waals surface area (Å²) in [7, 11) is 1.76. The molecule has 0 aliphatic heterocycles. The Morgan fingerprint density at radius 3 is 2.88 bits per heavy atom. The van der Waals surface area contributed by atoms with Gasteiger partial charge in [0.25, 0.3) is 0 Å². The standard InChI is InChI=1S/C21H25N3O/c1-25-13-5-12-24-15-16(14-23-17-9-10-17)21-18(6-4-8-20(21)24)19-7-2-3-11-22-19/h2-4,6-8,11,15,17,23H,5,9-10,12-14H2,1H3. The molecular weight excluding hydrogens is 310 g/mol. The van der Waals surface area contributed by atoms with Gasteiger partial charge >= 0.3 is 0 Å². The maximum absolute atomic E-state index is 5.23. The van der Waals surface area contributed by atoms with Crippen molar-refractivity contribution in [1.29, 1.82) is 0 Å². The van der Waals surface area contributed by atoms with Crippen LogP contribution in [0.3, 0.4) is 0 Å². The second-order valence-electron chi connectivity index (χ2n) is 6.76. The van der Waals surface area contributed by atoms with Crippen molar-refractivity contribution in [1.82, 2.24) is 14.9 Å². The molecule has 4 nitrogen and oxygen atoms in total. The summed E-state index contributed by atoms with van der Waals surface area (Å²) in [6.07, 6.45) is 7.80. The number of nitrogens with zero attached hydrogens (tertiary/aromatic N) is 2. The Hall–Kier alpha value is -2.17. The molecule has 0 bridgehead atoms. The minimum absolute atomic E-state index is 0.703. The first-order valence-electron chi connectivity index (χ1n) is 9.11. The Labute approximate surface area is 148 Å². The normalized spacial score (nSPS) is 14.3. The van der Waals surface area contributed by atoms with E-state index in [1.165, 1.54) is 34.9 Å². The first-order chi connectivity index (χ1) is 12.4. The van der Waals surface area contributed by atoms with Crippen molar-refractivity contribution in [3.05, 3.63) is 54.4 Å². The lowest BCUT2D eigenvalue weighted by atomic mass is 10.0. The molecule has 1 N–H and O–H groups in total. The van der Waals surface area contributed by atoms with Crippen LogP contribution < -0.4 is 5.32 Å². The van der Waals surface area contributed by atoms with Crippen LogP contribution in [-0.2, 0) is 17.8 Å². The summed E-state index contributed by atoms with van der Waals surface area (Å²) in [6.45, 7) is 2.68. The average Bonchev–Trinajstić information content (AvgIpc) is 3.42. The molecule has 0 atom stereocenters. The van der Waals surface area contributed by atoms with Gasteiger partial charge in [0.1, 0.15) is 0 Å². The number of aryl methyl sites for hydroxylation is 1. The van der Waals surface area contributed by atoms with Crippen LogP contribution in [0, 0.1) is 0 Å². The molecule has 1 aliphatic rings. The van der Waals surface area contributed by atoms with Crippen LogP contribution >= 0.6 is 0 Å². The van der Waals surface area contributed by atoms with E-state index in [0.717, 1.165) is 31.8 Å². The van der Waals surface area contributed by atoms with Crippen molar-refractivity contribution < 1.29 is 4.74 Å². The molecule has 1 saturated carbocycles. The van der Waals surface area contributed by atoms with Gasteiger partial charge < -0.3 is 14.6 Å². The molecule has 2 heterocycles. The van der Waals surface area contributed by atoms with Gasteiger partial charge in [0.05, 0.1) is 5.69 Å². The molecule has 0 radical (unpaired) electrons. The van der Waals surface area contributed by atoms with Crippen LogP contribution in [0.5, 0.6) is 0 Å². The molecule has 0 unspecified atom stereocenters. The summed E-state index contributed by atoms with van der Waals surface area (Å²) < 4.78 is 7.59. The molecule has 4 heteroatoms. The van der Waals surface area contributed by atoms with Gasteiger partial charge in [-0.3, -0.25) is 4.98 Å². The summed E-state index contributed by atoms with van der Waals surface area (Å²) in [4.78, 5) is 4.58. The third kappa shape index (κ3) is 3.60. The van der Waals surface area contributed by atoms with E-state index in [0.29, 0.717) is 6.04 Å². The van der Waals surface area contributed by atoms with E-state index in [4.69, 9.17) is 4.74 Å². The average molecular weight is 335 g/mol. The summed E-state index contributed by atoms with van der Waals surface area (Å²) >= 11 is 0. The van der Waals surface area contributed by atoms with Gasteiger partial charge in [-0.2, -0.15) is 0 Å². The molecule has 2 aromatic heterocycles. The Bertz CT molecular complexity index is 837. The lowest BCUT2D eigenvalue weighted by molar-refractivity contribution is 0.190. The number of nitrogens with one attached hydrogen (secondary N) is 1. The van der Waals surface area contributed by atoms with E-state index >= 15 is 0 Å². The number of aromatic nitrogens is 2. The lowest BCUT2D eigenvalue weighted by Gasteiger charge is -2.08. The largest absolute Gasteiger partial charge is 0.385 e. The fourth-order valence-corrected chi connectivity index (χ4v) is 3.41. The molecule has 1 aliphatic carbocycles. The zero-order valence-corrected chi connectivity index (χ0v) is 14.7. The number of pyridine rings is 1. The van der Waals surface area contributed by atoms with E-state index < -0.39 is 0 Å². The summed E-state index contributed by atoms with van der Waals surface area (Å²) in [5.41, 5.74) is 4.90. The highest BCUT2D eigenvalue weighted by atomic mass is 16.5. The molecule has 130 valence electrons. The van der Waals surface area contributed by atoms with Crippen LogP contribution in [0.25, 0.3) is 22.2 Å². The molecular formula is C21H25N3O. The smallest absolute Gasteiger partial charge is 0.0708 e. The predicted molar refractivity (Wildman–Crippen MR) is 102 cm³/mol. The number of benzene rings is 1. The highest BCUT2D eigenvalue weighted by Gasteiger charge is 2.21. The number of methoxy groups -OCH3 is 1. The number of rotatable bonds is 8. The van der Waals surface area contributed by atoms with Gasteiger partial charge in [-0.1, -0.05) is 18.2 Å². The van der Waals surface area contributed by atoms with Crippen molar-refractivity contribution in [2.75, 3.05) is 13.7 Å². The van der Waals surface area contributed by atoms with E-state index in [1.54, 1.807) is 7.11 Å². The van der Waals surface area contributed by atoms with E-state index in [-0.39, 0.29) is 0 Å². The predicted octanol–water partition coefficient (Wildman–Crippen LogP) is 3.99. The fraction of sp³-hybridized carbons (Fsp3) is 0.381. The van der Waals surface area contributed by atoms with Crippen LogP contribution in [0.1, 0.15) is 24.8 Å². The molecule has 1 fully saturated rings. The van der Waals surface area contributed by atoms with Gasteiger partial charge in [0.2, 0.25) is 0 Å². The van der Waals surface area contributed by atoms with E-state index in [1.807, 2.05) is 12.3 Å². The molecule has 3 aromatic rings. The third-order valence-electron chi connectivity index (χ3n) is 4.83. The summed E-state index contributed by atoms with van der Waals surface area (Å²) in [5.74, 6) is 0. The first-order valence-corrected chi connectivity index (χ1v) is 9.11. The van der Waals surface area contributed by atoms with Gasteiger partial charge in [-0.05, 0) is 43.0 Å². The SMILES string of the molecule is COCCCn1cc(CNC2CC2)c2c(-c3ccccn3)cccc21. The van der Waals surface area contributed by atoms with Crippen molar-refractivity contribution >= 4 is 10.9 Å². The maximum atomic E-state index is 5.23. The van der Waals surface area contributed by atoms with Crippen molar-refractivity contribution in [2.24, 2.45) is 0 Å². The summed E-state index contributed by atoms with van der Waals surface area (Å²) in [6, 6.07) is 13.4. The molecule has 0 amide bonds. The zero-order valence-electron chi connectivity index (χ0n) is 14.7. The van der Waals surface area contributed by atoms with E-state index in [2.05, 4.69) is 51.4 Å². The zero-order chi connectivity index (χ0) is 17.1. The molecule has 1 aromatic carbocycles. The lowest BCUT2D eigenvalue weighted by Crippen LogP contribution is -2.15. The van der Waals surface area contributed by atoms with Gasteiger partial charge in [0.15, 0.2) is 0 Å². The molecule has 0 saturated heterocycles. The highest BCUT2D eigenvalue weighted by molar-refractivity contribution is 5.97. The minimum Gasteiger partial charge on any atom is -0.385 e. The fourth-order valence-electron chi connectivity index (χ4n) is 3.41. The third-order valence-corrected chi connectivity index (χ3v) is 4.83. The Morgan fingerprint density at radius 2 is 2.12 bits per heavy atom. The van der Waals surface area contributed by atoms with Crippen molar-refractivity contribution in [3.8, 4) is 11.3 Å². The second-order valence-corrected chi connectivity index (χ2v) is 6.76.